The third kappa shape index (κ3) is 4.98. The lowest BCUT2D eigenvalue weighted by Crippen LogP contribution is -2.34. The maximum atomic E-state index is 11.9. The van der Waals surface area contributed by atoms with E-state index in [0.29, 0.717) is 49.7 Å². The Morgan fingerprint density at radius 1 is 1.36 bits per heavy atom. The minimum Gasteiger partial charge on any atom is -0.492 e. The Kier molecular flexibility index (Phi) is 7.20. The van der Waals surface area contributed by atoms with E-state index in [-0.39, 0.29) is 11.8 Å². The average Bonchev–Trinajstić information content (AvgIpc) is 2.94. The van der Waals surface area contributed by atoms with Gasteiger partial charge >= 0.3 is 0 Å². The first-order chi connectivity index (χ1) is 13.4. The molecule has 0 spiro atoms. The van der Waals surface area contributed by atoms with Gasteiger partial charge in [0.2, 0.25) is 5.91 Å². The molecule has 2 heterocycles. The highest BCUT2D eigenvalue weighted by atomic mass is 35.5. The fourth-order valence-corrected chi connectivity index (χ4v) is 4.89. The number of nitrogens with zero attached hydrogens (tertiary/aromatic N) is 2. The highest BCUT2D eigenvalue weighted by Gasteiger charge is 2.36. The molecule has 1 saturated heterocycles. The Bertz CT molecular complexity index is 830. The van der Waals surface area contributed by atoms with Crippen molar-refractivity contribution in [2.75, 3.05) is 25.6 Å². The zero-order valence-corrected chi connectivity index (χ0v) is 18.1. The van der Waals surface area contributed by atoms with Crippen LogP contribution in [-0.2, 0) is 16.8 Å². The summed E-state index contributed by atoms with van der Waals surface area (Å²) in [6.45, 7) is 3.55. The maximum absolute atomic E-state index is 11.9. The third-order valence-corrected chi connectivity index (χ3v) is 6.95. The minimum absolute atomic E-state index is 0.0234. The van der Waals surface area contributed by atoms with E-state index in [1.807, 2.05) is 25.1 Å². The van der Waals surface area contributed by atoms with Crippen LogP contribution >= 0.6 is 34.5 Å². The number of benzene rings is 1. The van der Waals surface area contributed by atoms with E-state index in [2.05, 4.69) is 4.98 Å². The predicted octanol–water partition coefficient (Wildman–Crippen LogP) is 4.17. The second-order valence-electron chi connectivity index (χ2n) is 6.96. The first kappa shape index (κ1) is 21.4. The van der Waals surface area contributed by atoms with Gasteiger partial charge in [0, 0.05) is 30.8 Å². The molecule has 2 aromatic rings. The van der Waals surface area contributed by atoms with E-state index >= 15 is 0 Å². The van der Waals surface area contributed by atoms with E-state index in [0.717, 1.165) is 22.0 Å². The number of aliphatic hydroxyl groups is 1. The van der Waals surface area contributed by atoms with Crippen LogP contribution in [0.4, 0.5) is 0 Å². The van der Waals surface area contributed by atoms with Crippen LogP contribution in [0.25, 0.3) is 0 Å². The van der Waals surface area contributed by atoms with Gasteiger partial charge in [-0.05, 0) is 31.9 Å². The number of alkyl halides is 1. The van der Waals surface area contributed by atoms with E-state index in [4.69, 9.17) is 27.9 Å². The molecule has 0 bridgehead atoms. The molecule has 1 aliphatic rings. The number of likely N-dealkylation sites (tertiary alicyclic amines) is 1. The SMILES string of the molecule is Cc1nc(C2(O)CCCN(C(=O)CCl)CC2)sc1CCOc1ccccc1Cl. The molecule has 1 aliphatic heterocycles. The molecule has 0 radical (unpaired) electrons. The van der Waals surface area contributed by atoms with Gasteiger partial charge in [0.25, 0.3) is 0 Å². The summed E-state index contributed by atoms with van der Waals surface area (Å²) in [7, 11) is 0. The van der Waals surface area contributed by atoms with Crippen LogP contribution in [-0.4, -0.2) is 46.5 Å². The van der Waals surface area contributed by atoms with Crippen molar-refractivity contribution in [1.82, 2.24) is 9.88 Å². The van der Waals surface area contributed by atoms with Gasteiger partial charge < -0.3 is 14.7 Å². The predicted molar refractivity (Wildman–Crippen MR) is 113 cm³/mol. The van der Waals surface area contributed by atoms with Crippen molar-refractivity contribution < 1.29 is 14.6 Å². The Morgan fingerprint density at radius 3 is 2.89 bits per heavy atom. The Balaban J connectivity index is 1.64. The molecule has 1 amide bonds. The molecular formula is C20H24Cl2N2O3S. The molecule has 1 unspecified atom stereocenters. The average molecular weight is 443 g/mol. The smallest absolute Gasteiger partial charge is 0.237 e. The number of halogens is 2. The fraction of sp³-hybridized carbons (Fsp3) is 0.500. The lowest BCUT2D eigenvalue weighted by Gasteiger charge is -2.24. The molecular weight excluding hydrogens is 419 g/mol. The van der Waals surface area contributed by atoms with Gasteiger partial charge in [-0.15, -0.1) is 22.9 Å². The Morgan fingerprint density at radius 2 is 2.14 bits per heavy atom. The number of para-hydroxylation sites is 1. The molecule has 28 heavy (non-hydrogen) atoms. The molecule has 1 N–H and O–H groups in total. The molecule has 8 heteroatoms. The van der Waals surface area contributed by atoms with E-state index < -0.39 is 5.60 Å². The second-order valence-corrected chi connectivity index (χ2v) is 8.71. The number of thiazole rings is 1. The highest BCUT2D eigenvalue weighted by Crippen LogP contribution is 2.36. The first-order valence-electron chi connectivity index (χ1n) is 9.33. The van der Waals surface area contributed by atoms with Gasteiger partial charge in [0.05, 0.1) is 17.3 Å². The molecule has 152 valence electrons. The summed E-state index contributed by atoms with van der Waals surface area (Å²) in [5, 5.41) is 12.5. The van der Waals surface area contributed by atoms with E-state index in [1.165, 1.54) is 11.3 Å². The number of aryl methyl sites for hydroxylation is 1. The van der Waals surface area contributed by atoms with Crippen LogP contribution in [0.1, 0.15) is 34.8 Å². The third-order valence-electron chi connectivity index (χ3n) is 4.99. The number of carbonyl (C=O) groups is 1. The number of hydrogen-bond acceptors (Lipinski definition) is 5. The fourth-order valence-electron chi connectivity index (χ4n) is 3.34. The van der Waals surface area contributed by atoms with Gasteiger partial charge in [-0.3, -0.25) is 4.79 Å². The highest BCUT2D eigenvalue weighted by molar-refractivity contribution is 7.11. The first-order valence-corrected chi connectivity index (χ1v) is 11.1. The molecule has 0 saturated carbocycles. The zero-order valence-electron chi connectivity index (χ0n) is 15.8. The van der Waals surface area contributed by atoms with Crippen LogP contribution in [0, 0.1) is 6.92 Å². The van der Waals surface area contributed by atoms with Gasteiger partial charge in [0.15, 0.2) is 0 Å². The summed E-state index contributed by atoms with van der Waals surface area (Å²) in [6, 6.07) is 7.39. The number of ether oxygens (including phenoxy) is 1. The molecule has 3 rings (SSSR count). The summed E-state index contributed by atoms with van der Waals surface area (Å²) in [6.07, 6.45) is 2.48. The molecule has 1 aromatic heterocycles. The minimum atomic E-state index is -1.00. The summed E-state index contributed by atoms with van der Waals surface area (Å²) in [4.78, 5) is 19.3. The van der Waals surface area contributed by atoms with Crippen LogP contribution in [0.3, 0.4) is 0 Å². The van der Waals surface area contributed by atoms with Gasteiger partial charge in [0.1, 0.15) is 22.2 Å². The Hall–Kier alpha value is -1.34. The summed E-state index contributed by atoms with van der Waals surface area (Å²) >= 11 is 13.3. The summed E-state index contributed by atoms with van der Waals surface area (Å²) < 4.78 is 5.78. The van der Waals surface area contributed by atoms with Crippen LogP contribution < -0.4 is 4.74 Å². The lowest BCUT2D eigenvalue weighted by molar-refractivity contribution is -0.128. The quantitative estimate of drug-likeness (QED) is 0.681. The van der Waals surface area contributed by atoms with E-state index in [9.17, 15) is 9.90 Å². The normalized spacial score (nSPS) is 20.1. The zero-order chi connectivity index (χ0) is 20.1. The molecule has 1 atom stereocenters. The molecule has 0 aliphatic carbocycles. The molecule has 1 aromatic carbocycles. The Labute approximate surface area is 179 Å². The van der Waals surface area contributed by atoms with Crippen LogP contribution in [0.5, 0.6) is 5.75 Å². The van der Waals surface area contributed by atoms with Crippen molar-refractivity contribution in [3.63, 3.8) is 0 Å². The second kappa shape index (κ2) is 9.44. The van der Waals surface area contributed by atoms with Crippen molar-refractivity contribution in [2.24, 2.45) is 0 Å². The monoisotopic (exact) mass is 442 g/mol. The van der Waals surface area contributed by atoms with Crippen LogP contribution in [0.15, 0.2) is 24.3 Å². The van der Waals surface area contributed by atoms with Crippen molar-refractivity contribution in [1.29, 1.82) is 0 Å². The van der Waals surface area contributed by atoms with E-state index in [1.54, 1.807) is 11.0 Å². The number of aromatic nitrogens is 1. The van der Waals surface area contributed by atoms with Gasteiger partial charge in [-0.2, -0.15) is 0 Å². The van der Waals surface area contributed by atoms with Crippen molar-refractivity contribution in [2.45, 2.75) is 38.2 Å². The maximum Gasteiger partial charge on any atom is 0.237 e. The van der Waals surface area contributed by atoms with Crippen molar-refractivity contribution in [3.8, 4) is 5.75 Å². The molecule has 1 fully saturated rings. The molecule has 5 nitrogen and oxygen atoms in total. The number of hydrogen-bond donors (Lipinski definition) is 1. The number of carbonyl (C=O) groups excluding carboxylic acids is 1. The summed E-state index contributed by atoms with van der Waals surface area (Å²) in [5.41, 5.74) is -0.0902. The van der Waals surface area contributed by atoms with Crippen molar-refractivity contribution in [3.05, 3.63) is 44.9 Å². The van der Waals surface area contributed by atoms with Crippen molar-refractivity contribution >= 4 is 40.4 Å². The largest absolute Gasteiger partial charge is 0.492 e. The topological polar surface area (TPSA) is 62.7 Å². The number of rotatable bonds is 6. The lowest BCUT2D eigenvalue weighted by atomic mass is 9.96. The van der Waals surface area contributed by atoms with Gasteiger partial charge in [-0.25, -0.2) is 4.98 Å². The van der Waals surface area contributed by atoms with Gasteiger partial charge in [-0.1, -0.05) is 23.7 Å². The number of amides is 1. The standard InChI is InChI=1S/C20H24Cl2N2O3S/c1-14-17(7-12-27-16-6-3-2-5-15(16)22)28-19(23-14)20(26)8-4-10-24(11-9-20)18(25)13-21/h2-3,5-6,26H,4,7-13H2,1H3. The summed E-state index contributed by atoms with van der Waals surface area (Å²) in [5.74, 6) is 0.557. The van der Waals surface area contributed by atoms with Crippen LogP contribution in [0.2, 0.25) is 5.02 Å².